The molecule has 0 aliphatic carbocycles. The highest BCUT2D eigenvalue weighted by molar-refractivity contribution is 5.35. The summed E-state index contributed by atoms with van der Waals surface area (Å²) in [4.78, 5) is 0. The minimum absolute atomic E-state index is 0.231. The second-order valence-corrected chi connectivity index (χ2v) is 3.86. The van der Waals surface area contributed by atoms with Crippen LogP contribution >= 0.6 is 0 Å². The number of ether oxygens (including phenoxy) is 1. The average molecular weight is 193 g/mol. The molecule has 0 amide bonds. The van der Waals surface area contributed by atoms with Gasteiger partial charge in [0.1, 0.15) is 5.75 Å². The monoisotopic (exact) mass is 193 g/mol. The van der Waals surface area contributed by atoms with Crippen LogP contribution in [0.1, 0.15) is 31.7 Å². The van der Waals surface area contributed by atoms with Gasteiger partial charge < -0.3 is 10.5 Å². The molecular weight excluding hydrogens is 174 g/mol. The van der Waals surface area contributed by atoms with E-state index in [1.807, 2.05) is 25.1 Å². The van der Waals surface area contributed by atoms with Gasteiger partial charge in [-0.05, 0) is 30.9 Å². The number of nitrogens with two attached hydrogens (primary N) is 1. The van der Waals surface area contributed by atoms with Crippen molar-refractivity contribution in [2.75, 3.05) is 7.11 Å². The third-order valence-electron chi connectivity index (χ3n) is 2.40. The fourth-order valence-electron chi connectivity index (χ4n) is 1.76. The van der Waals surface area contributed by atoms with Crippen molar-refractivity contribution in [2.45, 2.75) is 32.2 Å². The van der Waals surface area contributed by atoms with Crippen molar-refractivity contribution in [1.29, 1.82) is 0 Å². The number of methoxy groups -OCH3 is 1. The van der Waals surface area contributed by atoms with Crippen molar-refractivity contribution >= 4 is 0 Å². The van der Waals surface area contributed by atoms with Crippen molar-refractivity contribution in [1.82, 2.24) is 0 Å². The lowest BCUT2D eigenvalue weighted by Gasteiger charge is -2.17. The van der Waals surface area contributed by atoms with E-state index in [1.54, 1.807) is 7.11 Å². The molecule has 1 aromatic carbocycles. The molecule has 0 aromatic heterocycles. The molecule has 2 atom stereocenters. The van der Waals surface area contributed by atoms with Gasteiger partial charge in [0, 0.05) is 6.04 Å². The van der Waals surface area contributed by atoms with E-state index in [9.17, 15) is 0 Å². The van der Waals surface area contributed by atoms with E-state index in [0.29, 0.717) is 5.92 Å². The minimum atomic E-state index is 0.231. The summed E-state index contributed by atoms with van der Waals surface area (Å²) in [5.74, 6) is 1.41. The number of hydrogen-bond donors (Lipinski definition) is 1. The first-order chi connectivity index (χ1) is 6.65. The molecule has 0 saturated carbocycles. The van der Waals surface area contributed by atoms with Crippen LogP contribution in [0.4, 0.5) is 0 Å². The molecule has 1 rings (SSSR count). The van der Waals surface area contributed by atoms with Gasteiger partial charge in [-0.2, -0.15) is 0 Å². The van der Waals surface area contributed by atoms with E-state index in [-0.39, 0.29) is 6.04 Å². The van der Waals surface area contributed by atoms with Gasteiger partial charge >= 0.3 is 0 Å². The maximum absolute atomic E-state index is 5.78. The van der Waals surface area contributed by atoms with Crippen LogP contribution in [0.25, 0.3) is 0 Å². The van der Waals surface area contributed by atoms with Gasteiger partial charge in [0.25, 0.3) is 0 Å². The van der Waals surface area contributed by atoms with E-state index >= 15 is 0 Å². The molecule has 2 nitrogen and oxygen atoms in total. The molecular formula is C12H19NO. The van der Waals surface area contributed by atoms with Crippen molar-refractivity contribution < 1.29 is 4.74 Å². The first-order valence-corrected chi connectivity index (χ1v) is 5.03. The SMILES string of the molecule is COc1ccccc1C(C)CC(C)N. The van der Waals surface area contributed by atoms with Crippen molar-refractivity contribution in [3.8, 4) is 5.75 Å². The second kappa shape index (κ2) is 5.01. The molecule has 14 heavy (non-hydrogen) atoms. The summed E-state index contributed by atoms with van der Waals surface area (Å²) >= 11 is 0. The molecule has 0 heterocycles. The average Bonchev–Trinajstić information content (AvgIpc) is 2.16. The Morgan fingerprint density at radius 2 is 1.93 bits per heavy atom. The van der Waals surface area contributed by atoms with Crippen LogP contribution in [-0.4, -0.2) is 13.2 Å². The Morgan fingerprint density at radius 1 is 1.29 bits per heavy atom. The smallest absolute Gasteiger partial charge is 0.122 e. The van der Waals surface area contributed by atoms with Crippen molar-refractivity contribution in [3.05, 3.63) is 29.8 Å². The summed E-state index contributed by atoms with van der Waals surface area (Å²) in [6, 6.07) is 8.35. The molecule has 0 aliphatic rings. The predicted molar refractivity (Wildman–Crippen MR) is 59.7 cm³/mol. The standard InChI is InChI=1S/C12H19NO/c1-9(8-10(2)13)11-6-4-5-7-12(11)14-3/h4-7,9-10H,8,13H2,1-3H3. The van der Waals surface area contributed by atoms with Gasteiger partial charge in [0.2, 0.25) is 0 Å². The molecule has 0 bridgehead atoms. The zero-order valence-corrected chi connectivity index (χ0v) is 9.16. The molecule has 0 fully saturated rings. The third kappa shape index (κ3) is 2.74. The van der Waals surface area contributed by atoms with Gasteiger partial charge in [-0.1, -0.05) is 25.1 Å². The van der Waals surface area contributed by atoms with E-state index in [2.05, 4.69) is 13.0 Å². The molecule has 2 N–H and O–H groups in total. The first kappa shape index (κ1) is 11.1. The molecule has 2 heteroatoms. The highest BCUT2D eigenvalue weighted by atomic mass is 16.5. The van der Waals surface area contributed by atoms with Gasteiger partial charge in [0.15, 0.2) is 0 Å². The second-order valence-electron chi connectivity index (χ2n) is 3.86. The van der Waals surface area contributed by atoms with Crippen molar-refractivity contribution in [2.24, 2.45) is 5.73 Å². The minimum Gasteiger partial charge on any atom is -0.496 e. The summed E-state index contributed by atoms with van der Waals surface area (Å²) in [6.45, 7) is 4.22. The summed E-state index contributed by atoms with van der Waals surface area (Å²) < 4.78 is 5.31. The lowest BCUT2D eigenvalue weighted by molar-refractivity contribution is 0.404. The summed E-state index contributed by atoms with van der Waals surface area (Å²) in [7, 11) is 1.71. The number of hydrogen-bond acceptors (Lipinski definition) is 2. The number of rotatable bonds is 4. The molecule has 0 radical (unpaired) electrons. The Bertz CT molecular complexity index is 283. The molecule has 78 valence electrons. The molecule has 0 spiro atoms. The Balaban J connectivity index is 2.82. The summed E-state index contributed by atoms with van der Waals surface area (Å²) in [5, 5.41) is 0. The summed E-state index contributed by atoms with van der Waals surface area (Å²) in [5.41, 5.74) is 7.02. The molecule has 2 unspecified atom stereocenters. The van der Waals surface area contributed by atoms with Crippen LogP contribution in [0, 0.1) is 0 Å². The summed E-state index contributed by atoms with van der Waals surface area (Å²) in [6.07, 6.45) is 0.986. The fraction of sp³-hybridized carbons (Fsp3) is 0.500. The zero-order chi connectivity index (χ0) is 10.6. The quantitative estimate of drug-likeness (QED) is 0.797. The van der Waals surface area contributed by atoms with Gasteiger partial charge in [-0.15, -0.1) is 0 Å². The largest absolute Gasteiger partial charge is 0.496 e. The first-order valence-electron chi connectivity index (χ1n) is 5.03. The third-order valence-corrected chi connectivity index (χ3v) is 2.40. The van der Waals surface area contributed by atoms with Crippen LogP contribution < -0.4 is 10.5 Å². The topological polar surface area (TPSA) is 35.2 Å². The lowest BCUT2D eigenvalue weighted by atomic mass is 9.94. The fourth-order valence-corrected chi connectivity index (χ4v) is 1.76. The normalized spacial score (nSPS) is 14.9. The zero-order valence-electron chi connectivity index (χ0n) is 9.16. The van der Waals surface area contributed by atoms with E-state index < -0.39 is 0 Å². The number of benzene rings is 1. The van der Waals surface area contributed by atoms with Crippen LogP contribution in [0.3, 0.4) is 0 Å². The maximum atomic E-state index is 5.78. The Hall–Kier alpha value is -1.02. The predicted octanol–water partition coefficient (Wildman–Crippen LogP) is 2.54. The lowest BCUT2D eigenvalue weighted by Crippen LogP contribution is -2.17. The Labute approximate surface area is 86.1 Å². The van der Waals surface area contributed by atoms with Crippen LogP contribution in [0.2, 0.25) is 0 Å². The molecule has 0 aliphatic heterocycles. The van der Waals surface area contributed by atoms with Gasteiger partial charge in [-0.25, -0.2) is 0 Å². The maximum Gasteiger partial charge on any atom is 0.122 e. The van der Waals surface area contributed by atoms with E-state index in [0.717, 1.165) is 12.2 Å². The Morgan fingerprint density at radius 3 is 2.50 bits per heavy atom. The molecule has 1 aromatic rings. The van der Waals surface area contributed by atoms with E-state index in [1.165, 1.54) is 5.56 Å². The van der Waals surface area contributed by atoms with Crippen molar-refractivity contribution in [3.63, 3.8) is 0 Å². The van der Waals surface area contributed by atoms with Crippen LogP contribution in [-0.2, 0) is 0 Å². The molecule has 0 saturated heterocycles. The van der Waals surface area contributed by atoms with Crippen LogP contribution in [0.5, 0.6) is 5.75 Å². The van der Waals surface area contributed by atoms with E-state index in [4.69, 9.17) is 10.5 Å². The number of para-hydroxylation sites is 1. The highest BCUT2D eigenvalue weighted by Crippen LogP contribution is 2.28. The van der Waals surface area contributed by atoms with Gasteiger partial charge in [0.05, 0.1) is 7.11 Å². The van der Waals surface area contributed by atoms with Gasteiger partial charge in [-0.3, -0.25) is 0 Å². The highest BCUT2D eigenvalue weighted by Gasteiger charge is 2.11. The van der Waals surface area contributed by atoms with Crippen LogP contribution in [0.15, 0.2) is 24.3 Å². The Kier molecular flexibility index (Phi) is 3.96.